The fraction of sp³-hybridized carbons (Fsp3) is 0.636. The Balaban J connectivity index is 1.86. The minimum Gasteiger partial charge on any atom is -0.388 e. The number of hydrogen-bond acceptors (Lipinski definition) is 4. The van der Waals surface area contributed by atoms with E-state index >= 15 is 0 Å². The van der Waals surface area contributed by atoms with E-state index in [1.807, 2.05) is 26.0 Å². The summed E-state index contributed by atoms with van der Waals surface area (Å²) < 4.78 is 0. The molecule has 4 rings (SSSR count). The van der Waals surface area contributed by atoms with E-state index in [2.05, 4.69) is 6.92 Å². The number of allylic oxidation sites excluding steroid dienone is 5. The van der Waals surface area contributed by atoms with Crippen LogP contribution in [0.4, 0.5) is 0 Å². The van der Waals surface area contributed by atoms with Gasteiger partial charge in [-0.2, -0.15) is 0 Å². The molecule has 4 aliphatic carbocycles. The van der Waals surface area contributed by atoms with E-state index in [0.717, 1.165) is 30.4 Å². The van der Waals surface area contributed by atoms with Crippen molar-refractivity contribution in [3.05, 3.63) is 35.5 Å². The van der Waals surface area contributed by atoms with Crippen LogP contribution < -0.4 is 0 Å². The second-order valence-electron chi connectivity index (χ2n) is 9.17. The van der Waals surface area contributed by atoms with Gasteiger partial charge in [-0.3, -0.25) is 9.59 Å². The molecule has 1 unspecified atom stereocenters. The predicted molar refractivity (Wildman–Crippen MR) is 98.2 cm³/mol. The molecule has 2 N–H and O–H groups in total. The van der Waals surface area contributed by atoms with Gasteiger partial charge in [0.2, 0.25) is 0 Å². The Labute approximate surface area is 154 Å². The van der Waals surface area contributed by atoms with Crippen LogP contribution in [-0.2, 0) is 9.59 Å². The zero-order valence-electron chi connectivity index (χ0n) is 16.0. The zero-order valence-corrected chi connectivity index (χ0v) is 16.0. The van der Waals surface area contributed by atoms with E-state index in [4.69, 9.17) is 0 Å². The molecule has 2 saturated carbocycles. The van der Waals surface area contributed by atoms with E-state index in [1.165, 1.54) is 6.92 Å². The molecule has 4 aliphatic rings. The first-order valence-electron chi connectivity index (χ1n) is 9.64. The summed E-state index contributed by atoms with van der Waals surface area (Å²) in [5.74, 6) is -0.162. The molecule has 0 aromatic heterocycles. The van der Waals surface area contributed by atoms with E-state index in [0.29, 0.717) is 0 Å². The van der Waals surface area contributed by atoms with Crippen molar-refractivity contribution in [3.63, 3.8) is 0 Å². The lowest BCUT2D eigenvalue weighted by molar-refractivity contribution is -0.170. The maximum atomic E-state index is 12.4. The predicted octanol–water partition coefficient (Wildman–Crippen LogP) is 2.75. The van der Waals surface area contributed by atoms with E-state index < -0.39 is 17.1 Å². The van der Waals surface area contributed by atoms with Crippen LogP contribution in [0.3, 0.4) is 0 Å². The van der Waals surface area contributed by atoms with E-state index in [1.54, 1.807) is 12.2 Å². The first-order valence-corrected chi connectivity index (χ1v) is 9.64. The van der Waals surface area contributed by atoms with E-state index in [9.17, 15) is 19.8 Å². The van der Waals surface area contributed by atoms with Crippen molar-refractivity contribution in [1.29, 1.82) is 0 Å². The Morgan fingerprint density at radius 2 is 2.00 bits per heavy atom. The first-order chi connectivity index (χ1) is 12.1. The molecule has 0 aliphatic heterocycles. The quantitative estimate of drug-likeness (QED) is 0.709. The Bertz CT molecular complexity index is 790. The van der Waals surface area contributed by atoms with Crippen molar-refractivity contribution < 1.29 is 19.8 Å². The normalized spacial score (nSPS) is 49.7. The Kier molecular flexibility index (Phi) is 3.62. The second kappa shape index (κ2) is 5.26. The average Bonchev–Trinajstić information content (AvgIpc) is 2.79. The minimum atomic E-state index is -1.51. The molecule has 4 nitrogen and oxygen atoms in total. The maximum absolute atomic E-state index is 12.4. The van der Waals surface area contributed by atoms with Gasteiger partial charge in [0.25, 0.3) is 0 Å². The number of Topliss-reactive ketones (excluding diaryl/α,β-unsaturated/α-hetero) is 1. The van der Waals surface area contributed by atoms with E-state index in [-0.39, 0.29) is 34.7 Å². The van der Waals surface area contributed by atoms with Crippen molar-refractivity contribution >= 4 is 11.6 Å². The SMILES string of the molecule is CC(=O)[C@@]1(O)[C@@H](C)C[C@H]2[C@@H]3CCC4=CC(=O)C=C[C@]4(C)C3=CC(O)[C@@]21C. The third-order valence-electron chi connectivity index (χ3n) is 8.17. The molecular formula is C22H28O4. The molecule has 4 heteroatoms. The van der Waals surface area contributed by atoms with Gasteiger partial charge >= 0.3 is 0 Å². The van der Waals surface area contributed by atoms with Crippen LogP contribution in [-0.4, -0.2) is 33.5 Å². The molecule has 140 valence electrons. The molecular weight excluding hydrogens is 328 g/mol. The number of rotatable bonds is 1. The number of ketones is 2. The van der Waals surface area contributed by atoms with Crippen LogP contribution in [0.1, 0.15) is 47.0 Å². The van der Waals surface area contributed by atoms with Crippen LogP contribution in [0.15, 0.2) is 35.5 Å². The lowest BCUT2D eigenvalue weighted by Crippen LogP contribution is -2.61. The number of fused-ring (bicyclic) bond motifs is 5. The van der Waals surface area contributed by atoms with Crippen LogP contribution in [0.5, 0.6) is 0 Å². The van der Waals surface area contributed by atoms with Gasteiger partial charge < -0.3 is 10.2 Å². The highest BCUT2D eigenvalue weighted by atomic mass is 16.3. The van der Waals surface area contributed by atoms with Crippen molar-refractivity contribution in [2.24, 2.45) is 28.6 Å². The summed E-state index contributed by atoms with van der Waals surface area (Å²) in [6, 6.07) is 0. The maximum Gasteiger partial charge on any atom is 0.178 e. The summed E-state index contributed by atoms with van der Waals surface area (Å²) in [6.45, 7) is 7.36. The molecule has 0 amide bonds. The summed E-state index contributed by atoms with van der Waals surface area (Å²) >= 11 is 0. The van der Waals surface area contributed by atoms with Gasteiger partial charge in [-0.1, -0.05) is 37.1 Å². The first kappa shape index (κ1) is 17.9. The highest BCUT2D eigenvalue weighted by Gasteiger charge is 2.69. The van der Waals surface area contributed by atoms with Crippen molar-refractivity contribution in [1.82, 2.24) is 0 Å². The topological polar surface area (TPSA) is 74.6 Å². The van der Waals surface area contributed by atoms with Crippen LogP contribution >= 0.6 is 0 Å². The summed E-state index contributed by atoms with van der Waals surface area (Å²) in [7, 11) is 0. The number of carbonyl (C=O) groups excluding carboxylic acids is 2. The molecule has 0 bridgehead atoms. The fourth-order valence-corrected chi connectivity index (χ4v) is 6.61. The summed E-state index contributed by atoms with van der Waals surface area (Å²) in [5, 5.41) is 22.5. The average molecular weight is 356 g/mol. The zero-order chi connectivity index (χ0) is 19.1. The fourth-order valence-electron chi connectivity index (χ4n) is 6.61. The minimum absolute atomic E-state index is 0.0261. The van der Waals surface area contributed by atoms with Crippen molar-refractivity contribution in [2.75, 3.05) is 0 Å². The molecule has 0 aromatic rings. The number of aliphatic hydroxyl groups is 2. The third-order valence-corrected chi connectivity index (χ3v) is 8.17. The molecule has 7 atom stereocenters. The third kappa shape index (κ3) is 1.87. The summed E-state index contributed by atoms with van der Waals surface area (Å²) in [6.07, 6.45) is 8.76. The molecule has 0 radical (unpaired) electrons. The lowest BCUT2D eigenvalue weighted by Gasteiger charge is -2.55. The monoisotopic (exact) mass is 356 g/mol. The van der Waals surface area contributed by atoms with Gasteiger partial charge in [-0.15, -0.1) is 0 Å². The van der Waals surface area contributed by atoms with Crippen LogP contribution in [0.2, 0.25) is 0 Å². The molecule has 2 fully saturated rings. The lowest BCUT2D eigenvalue weighted by atomic mass is 9.50. The molecule has 0 spiro atoms. The largest absolute Gasteiger partial charge is 0.388 e. The number of carbonyl (C=O) groups is 2. The Morgan fingerprint density at radius 1 is 1.31 bits per heavy atom. The molecule has 0 aromatic carbocycles. The van der Waals surface area contributed by atoms with Gasteiger partial charge in [0.15, 0.2) is 11.6 Å². The standard InChI is InChI=1S/C22H28O4/c1-12-9-18-16-6-5-14-10-15(24)7-8-20(14,3)17(16)11-19(25)21(18,4)22(12,26)13(2)23/h7-8,10-12,16,18-19,25-26H,5-6,9H2,1-4H3/t12-,16+,18-,19?,20-,21+,22-/m0/s1. The number of aliphatic hydroxyl groups excluding tert-OH is 1. The summed E-state index contributed by atoms with van der Waals surface area (Å²) in [5.41, 5.74) is -0.476. The summed E-state index contributed by atoms with van der Waals surface area (Å²) in [4.78, 5) is 24.3. The number of hydrogen-bond donors (Lipinski definition) is 2. The van der Waals surface area contributed by atoms with Crippen LogP contribution in [0.25, 0.3) is 0 Å². The molecule has 26 heavy (non-hydrogen) atoms. The van der Waals surface area contributed by atoms with Crippen LogP contribution in [0, 0.1) is 28.6 Å². The second-order valence-corrected chi connectivity index (χ2v) is 9.17. The molecule has 0 saturated heterocycles. The van der Waals surface area contributed by atoms with Crippen molar-refractivity contribution in [2.45, 2.75) is 58.7 Å². The molecule has 0 heterocycles. The highest BCUT2D eigenvalue weighted by Crippen LogP contribution is 2.66. The van der Waals surface area contributed by atoms with Gasteiger partial charge in [0.05, 0.1) is 6.10 Å². The van der Waals surface area contributed by atoms with Gasteiger partial charge in [-0.05, 0) is 63.0 Å². The highest BCUT2D eigenvalue weighted by molar-refractivity contribution is 6.01. The Hall–Kier alpha value is -1.52. The Morgan fingerprint density at radius 3 is 2.65 bits per heavy atom. The van der Waals surface area contributed by atoms with Gasteiger partial charge in [0.1, 0.15) is 5.60 Å². The smallest absolute Gasteiger partial charge is 0.178 e. The van der Waals surface area contributed by atoms with Gasteiger partial charge in [-0.25, -0.2) is 0 Å². The van der Waals surface area contributed by atoms with Gasteiger partial charge in [0, 0.05) is 10.8 Å². The van der Waals surface area contributed by atoms with Crippen molar-refractivity contribution in [3.8, 4) is 0 Å².